The molecule has 0 spiro atoms. The minimum atomic E-state index is -2.95. The smallest absolute Gasteiger partial charge is 0.387 e. The molecule has 0 aliphatic heterocycles. The maximum absolute atomic E-state index is 13.0. The van der Waals surface area contributed by atoms with Crippen LogP contribution in [0, 0.1) is 5.82 Å². The van der Waals surface area contributed by atoms with Crippen LogP contribution in [0.15, 0.2) is 18.2 Å². The second-order valence-corrected chi connectivity index (χ2v) is 3.74. The van der Waals surface area contributed by atoms with Crippen LogP contribution in [0.4, 0.5) is 13.2 Å². The number of halogens is 3. The van der Waals surface area contributed by atoms with Gasteiger partial charge in [0.05, 0.1) is 0 Å². The predicted octanol–water partition coefficient (Wildman–Crippen LogP) is 3.49. The van der Waals surface area contributed by atoms with Gasteiger partial charge in [-0.3, -0.25) is 0 Å². The van der Waals surface area contributed by atoms with E-state index in [1.54, 1.807) is 0 Å². The lowest BCUT2D eigenvalue weighted by Crippen LogP contribution is -2.20. The second kappa shape index (κ2) is 6.49. The molecule has 0 aliphatic carbocycles. The molecule has 1 N–H and O–H groups in total. The fourth-order valence-corrected chi connectivity index (χ4v) is 1.53. The van der Waals surface area contributed by atoms with Crippen LogP contribution in [-0.4, -0.2) is 13.2 Å². The highest BCUT2D eigenvalue weighted by Gasteiger charge is 2.15. The van der Waals surface area contributed by atoms with Gasteiger partial charge in [-0.15, -0.1) is 0 Å². The molecule has 1 aromatic carbocycles. The summed E-state index contributed by atoms with van der Waals surface area (Å²) in [5.74, 6) is -0.705. The van der Waals surface area contributed by atoms with Gasteiger partial charge in [0.1, 0.15) is 11.6 Å². The Balaban J connectivity index is 2.88. The molecule has 0 fully saturated rings. The van der Waals surface area contributed by atoms with Crippen molar-refractivity contribution < 1.29 is 17.9 Å². The Morgan fingerprint density at radius 3 is 2.65 bits per heavy atom. The third-order valence-electron chi connectivity index (χ3n) is 2.36. The molecular formula is C12H16F3NO. The van der Waals surface area contributed by atoms with Crippen LogP contribution in [0.2, 0.25) is 0 Å². The lowest BCUT2D eigenvalue weighted by molar-refractivity contribution is -0.0508. The van der Waals surface area contributed by atoms with E-state index in [2.05, 4.69) is 10.1 Å². The van der Waals surface area contributed by atoms with Gasteiger partial charge in [-0.2, -0.15) is 8.78 Å². The number of hydrogen-bond donors (Lipinski definition) is 1. The number of rotatable bonds is 6. The number of ether oxygens (including phenoxy) is 1. The van der Waals surface area contributed by atoms with Gasteiger partial charge in [0.25, 0.3) is 0 Å². The topological polar surface area (TPSA) is 21.3 Å². The fourth-order valence-electron chi connectivity index (χ4n) is 1.53. The summed E-state index contributed by atoms with van der Waals surface area (Å²) in [5.41, 5.74) is 0.528. The van der Waals surface area contributed by atoms with Gasteiger partial charge in [-0.1, -0.05) is 13.0 Å². The van der Waals surface area contributed by atoms with E-state index >= 15 is 0 Å². The Morgan fingerprint density at radius 2 is 2.06 bits per heavy atom. The summed E-state index contributed by atoms with van der Waals surface area (Å²) in [6.45, 7) is 1.63. The van der Waals surface area contributed by atoms with E-state index < -0.39 is 12.4 Å². The lowest BCUT2D eigenvalue weighted by atomic mass is 10.1. The molecule has 0 aromatic heterocycles. The molecule has 1 atom stereocenters. The lowest BCUT2D eigenvalue weighted by Gasteiger charge is -2.17. The molecule has 0 saturated carbocycles. The van der Waals surface area contributed by atoms with Gasteiger partial charge in [0.15, 0.2) is 0 Å². The van der Waals surface area contributed by atoms with E-state index in [9.17, 15) is 13.2 Å². The number of alkyl halides is 2. The van der Waals surface area contributed by atoms with Crippen molar-refractivity contribution in [3.8, 4) is 5.75 Å². The first-order chi connectivity index (χ1) is 8.04. The SMILES string of the molecule is CCCNC(C)c1ccc(F)cc1OC(F)F. The maximum atomic E-state index is 13.0. The summed E-state index contributed by atoms with van der Waals surface area (Å²) >= 11 is 0. The monoisotopic (exact) mass is 247 g/mol. The second-order valence-electron chi connectivity index (χ2n) is 3.74. The van der Waals surface area contributed by atoms with Crippen LogP contribution >= 0.6 is 0 Å². The quantitative estimate of drug-likeness (QED) is 0.830. The Hall–Kier alpha value is -1.23. The summed E-state index contributed by atoms with van der Waals surface area (Å²) in [6, 6.07) is 3.51. The Bertz CT molecular complexity index is 358. The first-order valence-corrected chi connectivity index (χ1v) is 5.52. The highest BCUT2D eigenvalue weighted by molar-refractivity contribution is 5.36. The van der Waals surface area contributed by atoms with Crippen LogP contribution in [0.1, 0.15) is 31.9 Å². The third kappa shape index (κ3) is 4.26. The van der Waals surface area contributed by atoms with Crippen molar-refractivity contribution in [2.24, 2.45) is 0 Å². The Morgan fingerprint density at radius 1 is 1.35 bits per heavy atom. The zero-order valence-electron chi connectivity index (χ0n) is 9.84. The molecule has 1 unspecified atom stereocenters. The van der Waals surface area contributed by atoms with Crippen molar-refractivity contribution in [1.82, 2.24) is 5.32 Å². The third-order valence-corrected chi connectivity index (χ3v) is 2.36. The van der Waals surface area contributed by atoms with E-state index in [1.807, 2.05) is 13.8 Å². The molecule has 1 rings (SSSR count). The average Bonchev–Trinajstić information content (AvgIpc) is 2.25. The first kappa shape index (κ1) is 13.8. The molecular weight excluding hydrogens is 231 g/mol. The molecule has 1 aromatic rings. The summed E-state index contributed by atoms with van der Waals surface area (Å²) in [6.07, 6.45) is 0.927. The molecule has 0 amide bonds. The minimum absolute atomic E-state index is 0.115. The standard InChI is InChI=1S/C12H16F3NO/c1-3-6-16-8(2)10-5-4-9(13)7-11(10)17-12(14)15/h4-5,7-8,12,16H,3,6H2,1-2H3. The van der Waals surface area contributed by atoms with Crippen molar-refractivity contribution >= 4 is 0 Å². The van der Waals surface area contributed by atoms with Crippen LogP contribution < -0.4 is 10.1 Å². The van der Waals surface area contributed by atoms with Gasteiger partial charge in [-0.05, 0) is 26.0 Å². The summed E-state index contributed by atoms with van der Waals surface area (Å²) in [7, 11) is 0. The molecule has 0 bridgehead atoms. The minimum Gasteiger partial charge on any atom is -0.434 e. The van der Waals surface area contributed by atoms with Gasteiger partial charge < -0.3 is 10.1 Å². The first-order valence-electron chi connectivity index (χ1n) is 5.52. The van der Waals surface area contributed by atoms with Crippen LogP contribution in [-0.2, 0) is 0 Å². The molecule has 0 aliphatic rings. The number of benzene rings is 1. The molecule has 17 heavy (non-hydrogen) atoms. The molecule has 0 heterocycles. The summed E-state index contributed by atoms with van der Waals surface area (Å²) in [5, 5.41) is 3.13. The molecule has 2 nitrogen and oxygen atoms in total. The van der Waals surface area contributed by atoms with Gasteiger partial charge in [0, 0.05) is 17.7 Å². The van der Waals surface area contributed by atoms with Crippen molar-refractivity contribution in [2.75, 3.05) is 6.54 Å². The van der Waals surface area contributed by atoms with Crippen molar-refractivity contribution in [3.63, 3.8) is 0 Å². The van der Waals surface area contributed by atoms with Crippen LogP contribution in [0.5, 0.6) is 5.75 Å². The van der Waals surface area contributed by atoms with Gasteiger partial charge >= 0.3 is 6.61 Å². The predicted molar refractivity (Wildman–Crippen MR) is 59.7 cm³/mol. The largest absolute Gasteiger partial charge is 0.434 e. The summed E-state index contributed by atoms with van der Waals surface area (Å²) < 4.78 is 41.6. The van der Waals surface area contributed by atoms with Crippen molar-refractivity contribution in [3.05, 3.63) is 29.6 Å². The molecule has 0 radical (unpaired) electrons. The zero-order chi connectivity index (χ0) is 12.8. The molecule has 96 valence electrons. The van der Waals surface area contributed by atoms with Crippen LogP contribution in [0.25, 0.3) is 0 Å². The average molecular weight is 247 g/mol. The van der Waals surface area contributed by atoms with Crippen molar-refractivity contribution in [2.45, 2.75) is 32.9 Å². The van der Waals surface area contributed by atoms with Crippen molar-refractivity contribution in [1.29, 1.82) is 0 Å². The van der Waals surface area contributed by atoms with Gasteiger partial charge in [-0.25, -0.2) is 4.39 Å². The van der Waals surface area contributed by atoms with Gasteiger partial charge in [0.2, 0.25) is 0 Å². The normalized spacial score (nSPS) is 12.8. The van der Waals surface area contributed by atoms with Crippen LogP contribution in [0.3, 0.4) is 0 Å². The van der Waals surface area contributed by atoms with E-state index in [0.29, 0.717) is 5.56 Å². The van der Waals surface area contributed by atoms with E-state index in [1.165, 1.54) is 12.1 Å². The van der Waals surface area contributed by atoms with E-state index in [4.69, 9.17) is 0 Å². The molecule has 5 heteroatoms. The highest BCUT2D eigenvalue weighted by Crippen LogP contribution is 2.27. The number of hydrogen-bond acceptors (Lipinski definition) is 2. The zero-order valence-corrected chi connectivity index (χ0v) is 9.84. The maximum Gasteiger partial charge on any atom is 0.387 e. The molecule has 0 saturated heterocycles. The Labute approximate surface area is 98.8 Å². The fraction of sp³-hybridized carbons (Fsp3) is 0.500. The Kier molecular flexibility index (Phi) is 5.28. The number of nitrogens with one attached hydrogen (secondary N) is 1. The highest BCUT2D eigenvalue weighted by atomic mass is 19.3. The van der Waals surface area contributed by atoms with E-state index in [-0.39, 0.29) is 11.8 Å². The summed E-state index contributed by atoms with van der Waals surface area (Å²) in [4.78, 5) is 0. The van der Waals surface area contributed by atoms with E-state index in [0.717, 1.165) is 19.0 Å².